The van der Waals surface area contributed by atoms with Crippen LogP contribution in [0.2, 0.25) is 0 Å². The summed E-state index contributed by atoms with van der Waals surface area (Å²) in [5, 5.41) is 20.1. The molecule has 0 unspecified atom stereocenters. The number of benzene rings is 2. The van der Waals surface area contributed by atoms with Crippen molar-refractivity contribution in [1.29, 1.82) is 5.41 Å². The summed E-state index contributed by atoms with van der Waals surface area (Å²) in [5.41, 5.74) is 5.62. The lowest BCUT2D eigenvalue weighted by Crippen LogP contribution is -2.46. The van der Waals surface area contributed by atoms with E-state index in [1.807, 2.05) is 20.8 Å². The fourth-order valence-electron chi connectivity index (χ4n) is 4.13. The largest absolute Gasteiger partial charge is 0.481 e. The molecule has 0 fully saturated rings. The minimum Gasteiger partial charge on any atom is -0.481 e. The number of amidine groups is 1. The van der Waals surface area contributed by atoms with Crippen molar-refractivity contribution in [3.05, 3.63) is 77.0 Å². The third-order valence-corrected chi connectivity index (χ3v) is 7.16. The number of rotatable bonds is 10. The Morgan fingerprint density at radius 3 is 2.16 bits per heavy atom. The summed E-state index contributed by atoms with van der Waals surface area (Å²) >= 11 is 0. The van der Waals surface area contributed by atoms with E-state index < -0.39 is 39.4 Å². The summed E-state index contributed by atoms with van der Waals surface area (Å²) < 4.78 is 33.7. The van der Waals surface area contributed by atoms with E-state index >= 15 is 0 Å². The molecule has 0 aliphatic heterocycles. The standard InChI is InChI=1S/C30H35N5O8S/c1-30(2,3)23(16-36)33-27(37)18-9-12-20(22(15-18)29(39)43-44(6,40)41)21-13-14-24(42-5)34-25(21)28(38)35(4)19-10-7-17(8-11-19)26(31)32/h7-15,23,36H,16H2,1-6H3,(H3,31,32)(H,33,37)/t23-/m1/s1. The Bertz CT molecular complexity index is 1700. The highest BCUT2D eigenvalue weighted by Gasteiger charge is 2.29. The number of aliphatic hydroxyl groups excluding tert-OH is 1. The third-order valence-electron chi connectivity index (χ3n) is 6.70. The smallest absolute Gasteiger partial charge is 0.354 e. The lowest BCUT2D eigenvalue weighted by Gasteiger charge is -2.29. The molecule has 0 aliphatic rings. The maximum absolute atomic E-state index is 13.8. The molecule has 1 atom stereocenters. The maximum atomic E-state index is 13.8. The summed E-state index contributed by atoms with van der Waals surface area (Å²) in [4.78, 5) is 45.7. The number of hydrogen-bond donors (Lipinski definition) is 4. The van der Waals surface area contributed by atoms with Crippen molar-refractivity contribution in [3.63, 3.8) is 0 Å². The normalized spacial score (nSPS) is 12.2. The van der Waals surface area contributed by atoms with Crippen LogP contribution in [-0.4, -0.2) is 75.2 Å². The number of pyridine rings is 1. The van der Waals surface area contributed by atoms with Gasteiger partial charge in [-0.15, -0.1) is 0 Å². The van der Waals surface area contributed by atoms with Crippen LogP contribution in [0.5, 0.6) is 5.88 Å². The molecule has 3 aromatic rings. The second-order valence-corrected chi connectivity index (χ2v) is 12.6. The number of amides is 2. The summed E-state index contributed by atoms with van der Waals surface area (Å²) in [5.74, 6) is -2.58. The van der Waals surface area contributed by atoms with E-state index in [4.69, 9.17) is 15.9 Å². The molecule has 1 heterocycles. The van der Waals surface area contributed by atoms with Crippen molar-refractivity contribution in [2.45, 2.75) is 26.8 Å². The van der Waals surface area contributed by atoms with Gasteiger partial charge in [0.15, 0.2) is 0 Å². The number of aliphatic hydroxyl groups is 1. The highest BCUT2D eigenvalue weighted by molar-refractivity contribution is 7.86. The molecule has 14 heteroatoms. The molecule has 5 N–H and O–H groups in total. The van der Waals surface area contributed by atoms with Crippen LogP contribution >= 0.6 is 0 Å². The van der Waals surface area contributed by atoms with Gasteiger partial charge in [0.05, 0.1) is 31.6 Å². The summed E-state index contributed by atoms with van der Waals surface area (Å²) in [7, 11) is -1.40. The molecule has 0 saturated heterocycles. The number of carbonyl (C=O) groups is 3. The van der Waals surface area contributed by atoms with E-state index in [1.165, 1.54) is 43.3 Å². The molecule has 3 rings (SSSR count). The van der Waals surface area contributed by atoms with Gasteiger partial charge < -0.3 is 30.0 Å². The molecule has 0 spiro atoms. The Kier molecular flexibility index (Phi) is 10.1. The van der Waals surface area contributed by atoms with Crippen molar-refractivity contribution in [1.82, 2.24) is 10.3 Å². The molecule has 13 nitrogen and oxygen atoms in total. The zero-order valence-corrected chi connectivity index (χ0v) is 26.0. The van der Waals surface area contributed by atoms with Gasteiger partial charge >= 0.3 is 16.1 Å². The van der Waals surface area contributed by atoms with E-state index in [2.05, 4.69) is 14.5 Å². The first-order chi connectivity index (χ1) is 20.5. The van der Waals surface area contributed by atoms with Crippen LogP contribution in [0.4, 0.5) is 5.69 Å². The second kappa shape index (κ2) is 13.2. The second-order valence-electron chi connectivity index (χ2n) is 11.0. The topological polar surface area (TPSA) is 202 Å². The van der Waals surface area contributed by atoms with Gasteiger partial charge in [0.1, 0.15) is 11.5 Å². The third kappa shape index (κ3) is 7.96. The highest BCUT2D eigenvalue weighted by Crippen LogP contribution is 2.32. The number of methoxy groups -OCH3 is 1. The first-order valence-corrected chi connectivity index (χ1v) is 15.1. The lowest BCUT2D eigenvalue weighted by atomic mass is 9.87. The number of nitrogen functional groups attached to an aromatic ring is 1. The first kappa shape index (κ1) is 33.7. The zero-order valence-electron chi connectivity index (χ0n) is 25.2. The number of nitrogens with two attached hydrogens (primary N) is 1. The monoisotopic (exact) mass is 625 g/mol. The Morgan fingerprint density at radius 2 is 1.64 bits per heavy atom. The molecule has 44 heavy (non-hydrogen) atoms. The number of carbonyl (C=O) groups excluding carboxylic acids is 3. The molecule has 0 bridgehead atoms. The molecule has 1 aromatic heterocycles. The van der Waals surface area contributed by atoms with Crippen LogP contribution in [0.1, 0.15) is 57.5 Å². The molecule has 0 aliphatic carbocycles. The summed E-state index contributed by atoms with van der Waals surface area (Å²) in [6.07, 6.45) is 0.701. The van der Waals surface area contributed by atoms with Crippen LogP contribution in [0.3, 0.4) is 0 Å². The number of aromatic nitrogens is 1. The van der Waals surface area contributed by atoms with Crippen molar-refractivity contribution in [2.75, 3.05) is 31.9 Å². The number of nitrogens with zero attached hydrogens (tertiary/aromatic N) is 2. The number of nitrogens with one attached hydrogen (secondary N) is 2. The van der Waals surface area contributed by atoms with Crippen LogP contribution in [0.15, 0.2) is 54.6 Å². The lowest BCUT2D eigenvalue weighted by molar-refractivity contribution is 0.0748. The van der Waals surface area contributed by atoms with Gasteiger partial charge in [0.2, 0.25) is 5.88 Å². The Morgan fingerprint density at radius 1 is 1.05 bits per heavy atom. The molecule has 0 radical (unpaired) electrons. The molecule has 2 amide bonds. The van der Waals surface area contributed by atoms with Gasteiger partial charge in [-0.05, 0) is 53.4 Å². The average Bonchev–Trinajstić information content (AvgIpc) is 2.96. The number of hydrogen-bond acceptors (Lipinski definition) is 10. The summed E-state index contributed by atoms with van der Waals surface area (Å²) in [6.45, 7) is 5.15. The van der Waals surface area contributed by atoms with Crippen LogP contribution in [0.25, 0.3) is 11.1 Å². The van der Waals surface area contributed by atoms with E-state index in [-0.39, 0.29) is 46.3 Å². The van der Waals surface area contributed by atoms with E-state index in [0.717, 1.165) is 6.07 Å². The Hall–Kier alpha value is -4.82. The predicted molar refractivity (Wildman–Crippen MR) is 164 cm³/mol. The molecule has 234 valence electrons. The van der Waals surface area contributed by atoms with Gasteiger partial charge in [-0.3, -0.25) is 15.0 Å². The number of anilines is 1. The molecule has 2 aromatic carbocycles. The van der Waals surface area contributed by atoms with Crippen LogP contribution in [-0.2, 0) is 14.3 Å². The fourth-order valence-corrected chi connectivity index (χ4v) is 4.49. The van der Waals surface area contributed by atoms with Crippen molar-refractivity contribution in [2.24, 2.45) is 11.1 Å². The summed E-state index contributed by atoms with van der Waals surface area (Å²) in [6, 6.07) is 12.5. The Balaban J connectivity index is 2.17. The number of ether oxygens (including phenoxy) is 1. The van der Waals surface area contributed by atoms with Gasteiger partial charge in [-0.2, -0.15) is 8.42 Å². The minimum atomic E-state index is -4.26. The first-order valence-electron chi connectivity index (χ1n) is 13.2. The quantitative estimate of drug-likeness (QED) is 0.147. The van der Waals surface area contributed by atoms with Crippen molar-refractivity contribution < 1.29 is 36.8 Å². The predicted octanol–water partition coefficient (Wildman–Crippen LogP) is 2.57. The zero-order chi connectivity index (χ0) is 33.0. The fraction of sp³-hybridized carbons (Fsp3) is 0.300. The van der Waals surface area contributed by atoms with Gasteiger partial charge in [0.25, 0.3) is 11.8 Å². The maximum Gasteiger partial charge on any atom is 0.354 e. The van der Waals surface area contributed by atoms with Gasteiger partial charge in [-0.25, -0.2) is 9.78 Å². The SMILES string of the molecule is COc1ccc(-c2ccc(C(=O)N[C@H](CO)C(C)(C)C)cc2C(=O)OS(C)(=O)=O)c(C(=O)N(C)c2ccc(C(=N)N)cc2)n1. The van der Waals surface area contributed by atoms with E-state index in [1.54, 1.807) is 24.3 Å². The highest BCUT2D eigenvalue weighted by atomic mass is 32.2. The molecular formula is C30H35N5O8S. The van der Waals surface area contributed by atoms with E-state index in [0.29, 0.717) is 17.5 Å². The average molecular weight is 626 g/mol. The van der Waals surface area contributed by atoms with Crippen molar-refractivity contribution >= 4 is 39.4 Å². The van der Waals surface area contributed by atoms with Gasteiger partial charge in [-0.1, -0.05) is 26.8 Å². The molecule has 0 saturated carbocycles. The van der Waals surface area contributed by atoms with Crippen molar-refractivity contribution in [3.8, 4) is 17.0 Å². The van der Waals surface area contributed by atoms with Gasteiger partial charge in [0, 0.05) is 35.5 Å². The van der Waals surface area contributed by atoms with Crippen LogP contribution < -0.4 is 20.7 Å². The van der Waals surface area contributed by atoms with E-state index in [9.17, 15) is 27.9 Å². The molecular weight excluding hydrogens is 590 g/mol. The Labute approximate surface area is 255 Å². The van der Waals surface area contributed by atoms with Crippen LogP contribution in [0, 0.1) is 10.8 Å². The minimum absolute atomic E-state index is 0.0195.